The fourth-order valence-electron chi connectivity index (χ4n) is 4.06. The third-order valence-electron chi connectivity index (χ3n) is 6.33. The highest BCUT2D eigenvalue weighted by molar-refractivity contribution is 7.10. The maximum Gasteiger partial charge on any atom is 0.254 e. The molecule has 0 spiro atoms. The first-order chi connectivity index (χ1) is 18.8. The predicted octanol–water partition coefficient (Wildman–Crippen LogP) is 6.13. The van der Waals surface area contributed by atoms with E-state index in [1.165, 1.54) is 6.07 Å². The van der Waals surface area contributed by atoms with Crippen molar-refractivity contribution < 1.29 is 23.8 Å². The number of aryl methyl sites for hydroxylation is 1. The van der Waals surface area contributed by atoms with Crippen LogP contribution in [0.1, 0.15) is 32.8 Å². The number of rotatable bonds is 14. The van der Waals surface area contributed by atoms with Gasteiger partial charge in [-0.3, -0.25) is 9.59 Å². The molecule has 2 amide bonds. The van der Waals surface area contributed by atoms with Crippen LogP contribution in [0.3, 0.4) is 0 Å². The summed E-state index contributed by atoms with van der Waals surface area (Å²) in [4.78, 5) is 31.6. The minimum absolute atomic E-state index is 0.0703. The number of benzene rings is 2. The summed E-state index contributed by atoms with van der Waals surface area (Å²) < 4.78 is 16.0. The number of thiophene rings is 1. The second-order valence-electron chi connectivity index (χ2n) is 8.98. The molecule has 3 rings (SSSR count). The van der Waals surface area contributed by atoms with Crippen LogP contribution >= 0.6 is 34.5 Å². The lowest BCUT2D eigenvalue weighted by molar-refractivity contribution is -0.132. The van der Waals surface area contributed by atoms with Gasteiger partial charge >= 0.3 is 0 Å². The molecule has 1 aromatic heterocycles. The Morgan fingerprint density at radius 1 is 0.897 bits per heavy atom. The molecule has 7 nitrogen and oxygen atoms in total. The lowest BCUT2D eigenvalue weighted by atomic mass is 10.1. The van der Waals surface area contributed by atoms with E-state index in [0.29, 0.717) is 61.2 Å². The molecule has 0 fully saturated rings. The van der Waals surface area contributed by atoms with Gasteiger partial charge < -0.3 is 24.0 Å². The van der Waals surface area contributed by atoms with E-state index < -0.39 is 0 Å². The van der Waals surface area contributed by atoms with E-state index in [2.05, 4.69) is 0 Å². The Labute approximate surface area is 244 Å². The van der Waals surface area contributed by atoms with E-state index in [-0.39, 0.29) is 23.4 Å². The van der Waals surface area contributed by atoms with Gasteiger partial charge in [0.2, 0.25) is 5.91 Å². The number of nitrogens with zero attached hydrogens (tertiary/aromatic N) is 2. The number of hydrogen-bond donors (Lipinski definition) is 0. The minimum atomic E-state index is -0.287. The maximum atomic E-state index is 13.7. The molecule has 0 saturated carbocycles. The molecule has 0 unspecified atom stereocenters. The molecule has 0 aliphatic rings. The zero-order valence-corrected chi connectivity index (χ0v) is 25.0. The van der Waals surface area contributed by atoms with Crippen molar-refractivity contribution in [2.24, 2.45) is 0 Å². The molecule has 2 aromatic carbocycles. The van der Waals surface area contributed by atoms with Gasteiger partial charge in [-0.25, -0.2) is 0 Å². The van der Waals surface area contributed by atoms with Crippen molar-refractivity contribution in [2.75, 3.05) is 47.6 Å². The zero-order chi connectivity index (χ0) is 28.4. The van der Waals surface area contributed by atoms with Crippen LogP contribution < -0.4 is 9.47 Å². The van der Waals surface area contributed by atoms with Gasteiger partial charge in [-0.05, 0) is 72.7 Å². The smallest absolute Gasteiger partial charge is 0.254 e. The molecule has 0 bridgehead atoms. The SMILES string of the molecule is COCCCN(CC(=O)N(CCc1ccc(OC)c(OC)c1)Cc1sccc1C)C(=O)c1ccc(Cl)c(Cl)c1. The zero-order valence-electron chi connectivity index (χ0n) is 22.7. The van der Waals surface area contributed by atoms with Crippen molar-refractivity contribution in [2.45, 2.75) is 26.3 Å². The van der Waals surface area contributed by atoms with Crippen molar-refractivity contribution >= 4 is 46.4 Å². The largest absolute Gasteiger partial charge is 0.493 e. The van der Waals surface area contributed by atoms with Gasteiger partial charge in [-0.2, -0.15) is 0 Å². The third kappa shape index (κ3) is 8.60. The van der Waals surface area contributed by atoms with E-state index in [9.17, 15) is 9.59 Å². The molecule has 0 aliphatic heterocycles. The number of carbonyl (C=O) groups is 2. The molecular weight excluding hydrogens is 559 g/mol. The Bertz CT molecular complexity index is 1270. The van der Waals surface area contributed by atoms with Gasteiger partial charge in [0.05, 0.1) is 30.8 Å². The summed E-state index contributed by atoms with van der Waals surface area (Å²) in [7, 11) is 4.80. The van der Waals surface area contributed by atoms with Crippen LogP contribution in [0.2, 0.25) is 10.0 Å². The molecule has 1 heterocycles. The lowest BCUT2D eigenvalue weighted by Gasteiger charge is -2.28. The normalized spacial score (nSPS) is 10.8. The van der Waals surface area contributed by atoms with E-state index in [1.54, 1.807) is 54.6 Å². The Kier molecular flexibility index (Phi) is 11.9. The second-order valence-corrected chi connectivity index (χ2v) is 10.8. The number of methoxy groups -OCH3 is 3. The van der Waals surface area contributed by atoms with Gasteiger partial charge in [0.1, 0.15) is 6.54 Å². The van der Waals surface area contributed by atoms with Crippen LogP contribution in [0.15, 0.2) is 47.8 Å². The van der Waals surface area contributed by atoms with Gasteiger partial charge in [0, 0.05) is 37.2 Å². The van der Waals surface area contributed by atoms with Gasteiger partial charge in [-0.1, -0.05) is 29.3 Å². The number of amides is 2. The average Bonchev–Trinajstić information content (AvgIpc) is 3.35. The first-order valence-electron chi connectivity index (χ1n) is 12.5. The number of halogens is 2. The predicted molar refractivity (Wildman–Crippen MR) is 157 cm³/mol. The summed E-state index contributed by atoms with van der Waals surface area (Å²) in [5.41, 5.74) is 2.52. The van der Waals surface area contributed by atoms with E-state index in [1.807, 2.05) is 36.6 Å². The molecule has 0 aliphatic carbocycles. The maximum absolute atomic E-state index is 13.7. The summed E-state index contributed by atoms with van der Waals surface area (Å²) in [5, 5.41) is 2.67. The molecule has 0 N–H and O–H groups in total. The quantitative estimate of drug-likeness (QED) is 0.211. The number of carbonyl (C=O) groups excluding carboxylic acids is 2. The number of ether oxygens (including phenoxy) is 3. The van der Waals surface area contributed by atoms with Crippen LogP contribution in [0, 0.1) is 6.92 Å². The molecule has 0 atom stereocenters. The summed E-state index contributed by atoms with van der Waals surface area (Å²) in [6.07, 6.45) is 1.20. The van der Waals surface area contributed by atoms with Crippen molar-refractivity contribution in [3.8, 4) is 11.5 Å². The highest BCUT2D eigenvalue weighted by atomic mass is 35.5. The summed E-state index contributed by atoms with van der Waals surface area (Å²) in [5.74, 6) is 0.855. The Hall–Kier alpha value is -2.78. The monoisotopic (exact) mass is 592 g/mol. The van der Waals surface area contributed by atoms with E-state index in [4.69, 9.17) is 37.4 Å². The Morgan fingerprint density at radius 2 is 1.67 bits per heavy atom. The first-order valence-corrected chi connectivity index (χ1v) is 14.2. The van der Waals surface area contributed by atoms with Crippen LogP contribution in [-0.2, 0) is 22.5 Å². The highest BCUT2D eigenvalue weighted by Gasteiger charge is 2.24. The van der Waals surface area contributed by atoms with Gasteiger partial charge in [0.25, 0.3) is 5.91 Å². The average molecular weight is 594 g/mol. The Balaban J connectivity index is 1.82. The molecule has 0 saturated heterocycles. The fourth-order valence-corrected chi connectivity index (χ4v) is 5.28. The van der Waals surface area contributed by atoms with E-state index >= 15 is 0 Å². The molecular formula is C29H34Cl2N2O5S. The highest BCUT2D eigenvalue weighted by Crippen LogP contribution is 2.28. The van der Waals surface area contributed by atoms with Crippen LogP contribution in [-0.4, -0.2) is 69.2 Å². The van der Waals surface area contributed by atoms with Crippen molar-refractivity contribution in [3.05, 3.63) is 79.5 Å². The molecule has 210 valence electrons. The van der Waals surface area contributed by atoms with Crippen molar-refractivity contribution in [1.29, 1.82) is 0 Å². The third-order valence-corrected chi connectivity index (χ3v) is 8.08. The summed E-state index contributed by atoms with van der Waals surface area (Å²) >= 11 is 13.8. The van der Waals surface area contributed by atoms with Crippen LogP contribution in [0.25, 0.3) is 0 Å². The van der Waals surface area contributed by atoms with Crippen LogP contribution in [0.5, 0.6) is 11.5 Å². The molecule has 10 heteroatoms. The van der Waals surface area contributed by atoms with Crippen LogP contribution in [0.4, 0.5) is 0 Å². The standard InChI is InChI=1S/C29H34Cl2N2O5S/c1-20-11-15-39-27(20)18-32(13-10-21-6-9-25(37-3)26(16-21)38-4)28(34)19-33(12-5-14-36-2)29(35)22-7-8-23(30)24(31)17-22/h6-9,11,15-17H,5,10,12-14,18-19H2,1-4H3. The lowest BCUT2D eigenvalue weighted by Crippen LogP contribution is -2.44. The molecule has 0 radical (unpaired) electrons. The van der Waals surface area contributed by atoms with Crippen molar-refractivity contribution in [1.82, 2.24) is 9.80 Å². The number of hydrogen-bond acceptors (Lipinski definition) is 6. The Morgan fingerprint density at radius 3 is 2.31 bits per heavy atom. The van der Waals surface area contributed by atoms with Gasteiger partial charge in [0.15, 0.2) is 11.5 Å². The summed E-state index contributed by atoms with van der Waals surface area (Å²) in [6, 6.07) is 12.5. The minimum Gasteiger partial charge on any atom is -0.493 e. The van der Waals surface area contributed by atoms with Crippen molar-refractivity contribution in [3.63, 3.8) is 0 Å². The van der Waals surface area contributed by atoms with Gasteiger partial charge in [-0.15, -0.1) is 11.3 Å². The topological polar surface area (TPSA) is 68.3 Å². The summed E-state index contributed by atoms with van der Waals surface area (Å²) in [6.45, 7) is 3.73. The molecule has 39 heavy (non-hydrogen) atoms. The second kappa shape index (κ2) is 15.1. The van der Waals surface area contributed by atoms with E-state index in [0.717, 1.165) is 16.0 Å². The molecule has 3 aromatic rings. The fraction of sp³-hybridized carbons (Fsp3) is 0.379. The first kappa shape index (κ1) is 30.8.